The highest BCUT2D eigenvalue weighted by atomic mass is 16.3. The number of para-hydroxylation sites is 1. The fourth-order valence-corrected chi connectivity index (χ4v) is 1.52. The molecule has 1 aromatic rings. The maximum atomic E-state index is 11.6. The van der Waals surface area contributed by atoms with Crippen LogP contribution in [0.5, 0.6) is 0 Å². The second kappa shape index (κ2) is 6.91. The number of carbonyl (C=O) groups excluding carboxylic acids is 1. The Morgan fingerprint density at radius 2 is 2.06 bits per heavy atom. The summed E-state index contributed by atoms with van der Waals surface area (Å²) in [5.41, 5.74) is 1.03. The highest BCUT2D eigenvalue weighted by molar-refractivity contribution is 5.81. The van der Waals surface area contributed by atoms with Crippen LogP contribution in [0.1, 0.15) is 13.8 Å². The Morgan fingerprint density at radius 3 is 2.59 bits per heavy atom. The number of nitrogens with one attached hydrogen (secondary N) is 1. The fraction of sp³-hybridized carbons (Fsp3) is 0.462. The Balaban J connectivity index is 2.50. The highest BCUT2D eigenvalue weighted by Gasteiger charge is 2.09. The molecule has 1 unspecified atom stereocenters. The molecule has 0 saturated carbocycles. The van der Waals surface area contributed by atoms with E-state index in [0.717, 1.165) is 12.2 Å². The van der Waals surface area contributed by atoms with E-state index in [2.05, 4.69) is 5.32 Å². The second-order valence-corrected chi connectivity index (χ2v) is 4.00. The SMILES string of the molecule is CCN(CC(=O)NCC(C)O)c1ccccc1. The van der Waals surface area contributed by atoms with Crippen LogP contribution in [0.3, 0.4) is 0 Å². The monoisotopic (exact) mass is 236 g/mol. The van der Waals surface area contributed by atoms with Crippen LogP contribution in [0.4, 0.5) is 5.69 Å². The lowest BCUT2D eigenvalue weighted by Crippen LogP contribution is -2.39. The van der Waals surface area contributed by atoms with Gasteiger partial charge in [-0.25, -0.2) is 0 Å². The summed E-state index contributed by atoms with van der Waals surface area (Å²) in [7, 11) is 0. The molecule has 0 spiro atoms. The van der Waals surface area contributed by atoms with Crippen molar-refractivity contribution < 1.29 is 9.90 Å². The van der Waals surface area contributed by atoms with E-state index >= 15 is 0 Å². The molecule has 1 aromatic carbocycles. The van der Waals surface area contributed by atoms with Crippen LogP contribution in [0.15, 0.2) is 30.3 Å². The minimum Gasteiger partial charge on any atom is -0.392 e. The number of amides is 1. The summed E-state index contributed by atoms with van der Waals surface area (Å²) in [5.74, 6) is -0.0726. The molecule has 1 rings (SSSR count). The number of nitrogens with zero attached hydrogens (tertiary/aromatic N) is 1. The van der Waals surface area contributed by atoms with E-state index in [4.69, 9.17) is 5.11 Å². The lowest BCUT2D eigenvalue weighted by Gasteiger charge is -2.22. The molecule has 0 aliphatic carbocycles. The third-order valence-corrected chi connectivity index (χ3v) is 2.43. The van der Waals surface area contributed by atoms with Gasteiger partial charge in [-0.2, -0.15) is 0 Å². The van der Waals surface area contributed by atoms with Crippen molar-refractivity contribution >= 4 is 11.6 Å². The van der Waals surface area contributed by atoms with Gasteiger partial charge >= 0.3 is 0 Å². The molecule has 4 nitrogen and oxygen atoms in total. The molecule has 0 radical (unpaired) electrons. The lowest BCUT2D eigenvalue weighted by molar-refractivity contribution is -0.120. The van der Waals surface area contributed by atoms with Crippen molar-refractivity contribution in [3.05, 3.63) is 30.3 Å². The van der Waals surface area contributed by atoms with Crippen LogP contribution in [-0.4, -0.2) is 36.8 Å². The summed E-state index contributed by atoms with van der Waals surface area (Å²) in [6.45, 7) is 5.04. The quantitative estimate of drug-likeness (QED) is 0.775. The average Bonchev–Trinajstić information content (AvgIpc) is 2.34. The second-order valence-electron chi connectivity index (χ2n) is 4.00. The zero-order valence-corrected chi connectivity index (χ0v) is 10.4. The van der Waals surface area contributed by atoms with Gasteiger partial charge < -0.3 is 15.3 Å². The number of aliphatic hydroxyl groups excluding tert-OH is 1. The number of rotatable bonds is 6. The number of benzene rings is 1. The molecule has 17 heavy (non-hydrogen) atoms. The van der Waals surface area contributed by atoms with E-state index < -0.39 is 6.10 Å². The third-order valence-electron chi connectivity index (χ3n) is 2.43. The number of likely N-dealkylation sites (N-methyl/N-ethyl adjacent to an activating group) is 1. The highest BCUT2D eigenvalue weighted by Crippen LogP contribution is 2.11. The van der Waals surface area contributed by atoms with Crippen LogP contribution in [-0.2, 0) is 4.79 Å². The molecule has 1 atom stereocenters. The van der Waals surface area contributed by atoms with Gasteiger partial charge in [0.1, 0.15) is 0 Å². The van der Waals surface area contributed by atoms with Gasteiger partial charge in [-0.05, 0) is 26.0 Å². The van der Waals surface area contributed by atoms with E-state index in [1.54, 1.807) is 6.92 Å². The Hall–Kier alpha value is -1.55. The Kier molecular flexibility index (Phi) is 5.49. The maximum Gasteiger partial charge on any atom is 0.239 e. The molecule has 0 aromatic heterocycles. The van der Waals surface area contributed by atoms with Gasteiger partial charge in [-0.1, -0.05) is 18.2 Å². The van der Waals surface area contributed by atoms with Gasteiger partial charge in [-0.15, -0.1) is 0 Å². The Bertz CT molecular complexity index is 339. The van der Waals surface area contributed by atoms with Gasteiger partial charge in [0.05, 0.1) is 12.6 Å². The number of anilines is 1. The molecule has 0 fully saturated rings. The molecule has 4 heteroatoms. The summed E-state index contributed by atoms with van der Waals surface area (Å²) in [4.78, 5) is 13.6. The van der Waals surface area contributed by atoms with Gasteiger partial charge in [0.15, 0.2) is 0 Å². The van der Waals surface area contributed by atoms with E-state index in [1.165, 1.54) is 0 Å². The Morgan fingerprint density at radius 1 is 1.41 bits per heavy atom. The van der Waals surface area contributed by atoms with Gasteiger partial charge in [-0.3, -0.25) is 4.79 Å². The van der Waals surface area contributed by atoms with Crippen molar-refractivity contribution in [2.45, 2.75) is 20.0 Å². The molecule has 94 valence electrons. The van der Waals surface area contributed by atoms with Crippen molar-refractivity contribution in [3.8, 4) is 0 Å². The summed E-state index contributed by atoms with van der Waals surface area (Å²) in [5, 5.41) is 11.8. The average molecular weight is 236 g/mol. The predicted molar refractivity (Wildman–Crippen MR) is 69.0 cm³/mol. The van der Waals surface area contributed by atoms with E-state index in [1.807, 2.05) is 42.2 Å². The number of carbonyl (C=O) groups is 1. The van der Waals surface area contributed by atoms with Crippen molar-refractivity contribution in [2.75, 3.05) is 24.5 Å². The molecular weight excluding hydrogens is 216 g/mol. The molecular formula is C13H20N2O2. The topological polar surface area (TPSA) is 52.6 Å². The molecule has 0 aliphatic heterocycles. The summed E-state index contributed by atoms with van der Waals surface area (Å²) < 4.78 is 0. The van der Waals surface area contributed by atoms with Crippen LogP contribution >= 0.6 is 0 Å². The first-order valence-electron chi connectivity index (χ1n) is 5.88. The fourth-order valence-electron chi connectivity index (χ4n) is 1.52. The van der Waals surface area contributed by atoms with Crippen molar-refractivity contribution in [2.24, 2.45) is 0 Å². The normalized spacial score (nSPS) is 11.9. The van der Waals surface area contributed by atoms with Gasteiger partial charge in [0.25, 0.3) is 0 Å². The number of hydrogen-bond acceptors (Lipinski definition) is 3. The summed E-state index contributed by atoms with van der Waals surface area (Å²) in [6, 6.07) is 9.80. The van der Waals surface area contributed by atoms with Gasteiger partial charge in [0, 0.05) is 18.8 Å². The molecule has 0 saturated heterocycles. The van der Waals surface area contributed by atoms with Crippen molar-refractivity contribution in [1.82, 2.24) is 5.32 Å². The lowest BCUT2D eigenvalue weighted by atomic mass is 10.3. The minimum atomic E-state index is -0.509. The van der Waals surface area contributed by atoms with E-state index in [0.29, 0.717) is 13.1 Å². The smallest absolute Gasteiger partial charge is 0.239 e. The standard InChI is InChI=1S/C13H20N2O2/c1-3-15(12-7-5-4-6-8-12)10-13(17)14-9-11(2)16/h4-8,11,16H,3,9-10H2,1-2H3,(H,14,17). The minimum absolute atomic E-state index is 0.0726. The first-order chi connectivity index (χ1) is 8.13. The Labute approximate surface area is 102 Å². The summed E-state index contributed by atoms with van der Waals surface area (Å²) >= 11 is 0. The number of aliphatic hydroxyl groups is 1. The van der Waals surface area contributed by atoms with Crippen LogP contribution in [0.25, 0.3) is 0 Å². The first kappa shape index (κ1) is 13.5. The zero-order valence-electron chi connectivity index (χ0n) is 10.4. The van der Waals surface area contributed by atoms with Crippen LogP contribution in [0.2, 0.25) is 0 Å². The van der Waals surface area contributed by atoms with Gasteiger partial charge in [0.2, 0.25) is 5.91 Å². The van der Waals surface area contributed by atoms with E-state index in [-0.39, 0.29) is 5.91 Å². The van der Waals surface area contributed by atoms with E-state index in [9.17, 15) is 4.79 Å². The molecule has 0 heterocycles. The molecule has 0 bridgehead atoms. The first-order valence-corrected chi connectivity index (χ1v) is 5.88. The van der Waals surface area contributed by atoms with Crippen LogP contribution < -0.4 is 10.2 Å². The largest absolute Gasteiger partial charge is 0.392 e. The predicted octanol–water partition coefficient (Wildman–Crippen LogP) is 1.01. The molecule has 0 aliphatic rings. The molecule has 1 amide bonds. The number of hydrogen-bond donors (Lipinski definition) is 2. The maximum absolute atomic E-state index is 11.6. The van der Waals surface area contributed by atoms with Crippen LogP contribution in [0, 0.1) is 0 Å². The zero-order chi connectivity index (χ0) is 12.7. The summed E-state index contributed by atoms with van der Waals surface area (Å²) in [6.07, 6.45) is -0.509. The van der Waals surface area contributed by atoms with Crippen molar-refractivity contribution in [1.29, 1.82) is 0 Å². The molecule has 2 N–H and O–H groups in total. The third kappa shape index (κ3) is 4.87. The van der Waals surface area contributed by atoms with Crippen molar-refractivity contribution in [3.63, 3.8) is 0 Å².